The van der Waals surface area contributed by atoms with Crippen molar-refractivity contribution in [2.45, 2.75) is 20.0 Å². The van der Waals surface area contributed by atoms with Crippen LogP contribution >= 0.6 is 0 Å². The lowest BCUT2D eigenvalue weighted by Gasteiger charge is -2.12. The van der Waals surface area contributed by atoms with E-state index in [1.165, 1.54) is 12.3 Å². The van der Waals surface area contributed by atoms with Crippen molar-refractivity contribution in [2.75, 3.05) is 6.54 Å². The molecule has 3 aromatic rings. The summed E-state index contributed by atoms with van der Waals surface area (Å²) in [6.07, 6.45) is 2.14. The third-order valence-electron chi connectivity index (χ3n) is 4.37. The van der Waals surface area contributed by atoms with E-state index in [2.05, 4.69) is 15.8 Å². The van der Waals surface area contributed by atoms with Gasteiger partial charge < -0.3 is 10.1 Å². The number of nitrogens with zero attached hydrogens (tertiary/aromatic N) is 1. The number of rotatable bonds is 7. The highest BCUT2D eigenvalue weighted by molar-refractivity contribution is 6.35. The van der Waals surface area contributed by atoms with Crippen LogP contribution in [0, 0.1) is 5.82 Å². The summed E-state index contributed by atoms with van der Waals surface area (Å²) in [5, 5.41) is 8.19. The molecule has 0 aliphatic carbocycles. The Morgan fingerprint density at radius 3 is 2.60 bits per heavy atom. The van der Waals surface area contributed by atoms with Crippen LogP contribution in [0.5, 0.6) is 5.75 Å². The fourth-order valence-electron chi connectivity index (χ4n) is 2.83. The molecule has 30 heavy (non-hydrogen) atoms. The van der Waals surface area contributed by atoms with Crippen LogP contribution in [0.25, 0.3) is 10.8 Å². The molecule has 3 aromatic carbocycles. The molecule has 0 heterocycles. The lowest BCUT2D eigenvalue weighted by molar-refractivity contribution is -0.139. The van der Waals surface area contributed by atoms with Crippen LogP contribution in [0.3, 0.4) is 0 Å². The van der Waals surface area contributed by atoms with Gasteiger partial charge in [0.15, 0.2) is 0 Å². The summed E-state index contributed by atoms with van der Waals surface area (Å²) < 4.78 is 19.8. The first kappa shape index (κ1) is 21.0. The van der Waals surface area contributed by atoms with E-state index in [0.717, 1.165) is 17.2 Å². The van der Waals surface area contributed by atoms with Crippen LogP contribution in [0.4, 0.5) is 4.39 Å². The normalized spacial score (nSPS) is 10.9. The predicted molar refractivity (Wildman–Crippen MR) is 114 cm³/mol. The number of ether oxygens (including phenoxy) is 1. The number of fused-ring (bicyclic) bond motifs is 1. The zero-order chi connectivity index (χ0) is 21.3. The summed E-state index contributed by atoms with van der Waals surface area (Å²) in [7, 11) is 0. The van der Waals surface area contributed by atoms with Gasteiger partial charge in [-0.2, -0.15) is 5.10 Å². The monoisotopic (exact) mass is 407 g/mol. The Bertz CT molecular complexity index is 1080. The Morgan fingerprint density at radius 1 is 1.03 bits per heavy atom. The van der Waals surface area contributed by atoms with E-state index in [1.807, 2.05) is 37.3 Å². The Morgan fingerprint density at radius 2 is 1.80 bits per heavy atom. The third kappa shape index (κ3) is 5.20. The molecular weight excluding hydrogens is 385 g/mol. The minimum atomic E-state index is -0.853. The number of carbonyl (C=O) groups is 2. The van der Waals surface area contributed by atoms with Crippen molar-refractivity contribution in [1.29, 1.82) is 0 Å². The molecule has 0 spiro atoms. The van der Waals surface area contributed by atoms with Crippen molar-refractivity contribution in [2.24, 2.45) is 5.10 Å². The molecule has 0 unspecified atom stereocenters. The first-order valence-electron chi connectivity index (χ1n) is 9.59. The van der Waals surface area contributed by atoms with Crippen molar-refractivity contribution < 1.29 is 18.7 Å². The van der Waals surface area contributed by atoms with Crippen LogP contribution in [0.1, 0.15) is 24.5 Å². The molecule has 0 saturated heterocycles. The van der Waals surface area contributed by atoms with E-state index in [0.29, 0.717) is 23.4 Å². The number of halogens is 1. The molecule has 0 aromatic heterocycles. The highest BCUT2D eigenvalue weighted by atomic mass is 19.1. The van der Waals surface area contributed by atoms with Gasteiger partial charge in [-0.1, -0.05) is 55.5 Å². The second-order valence-electron chi connectivity index (χ2n) is 6.53. The molecule has 0 aliphatic heterocycles. The molecule has 2 amide bonds. The molecule has 7 heteroatoms. The number of hydrogen-bond donors (Lipinski definition) is 2. The molecule has 0 atom stereocenters. The molecule has 0 radical (unpaired) electrons. The minimum absolute atomic E-state index is 0.0393. The SMILES string of the molecule is CCCNC(=O)C(=O)N/N=C\c1c(OCc2ccccc2F)ccc2ccccc12. The van der Waals surface area contributed by atoms with Crippen molar-refractivity contribution in [1.82, 2.24) is 10.7 Å². The number of hydrogen-bond acceptors (Lipinski definition) is 4. The fraction of sp³-hybridized carbons (Fsp3) is 0.174. The molecule has 6 nitrogen and oxygen atoms in total. The van der Waals surface area contributed by atoms with E-state index in [-0.39, 0.29) is 12.4 Å². The predicted octanol–water partition coefficient (Wildman–Crippen LogP) is 3.53. The van der Waals surface area contributed by atoms with Crippen molar-refractivity contribution in [3.05, 3.63) is 77.6 Å². The van der Waals surface area contributed by atoms with Gasteiger partial charge in [0.05, 0.1) is 6.21 Å². The Hall–Kier alpha value is -3.74. The summed E-state index contributed by atoms with van der Waals surface area (Å²) in [6, 6.07) is 17.6. The van der Waals surface area contributed by atoms with E-state index in [9.17, 15) is 14.0 Å². The topological polar surface area (TPSA) is 79.8 Å². The second kappa shape index (κ2) is 10.2. The number of nitrogens with one attached hydrogen (secondary N) is 2. The smallest absolute Gasteiger partial charge is 0.329 e. The molecule has 3 rings (SSSR count). The van der Waals surface area contributed by atoms with Crippen LogP contribution in [-0.2, 0) is 16.2 Å². The Labute approximate surface area is 173 Å². The lowest BCUT2D eigenvalue weighted by Crippen LogP contribution is -2.38. The minimum Gasteiger partial charge on any atom is -0.488 e. The number of hydrazone groups is 1. The summed E-state index contributed by atoms with van der Waals surface area (Å²) in [5.74, 6) is -1.47. The molecule has 0 saturated carbocycles. The zero-order valence-electron chi connectivity index (χ0n) is 16.5. The van der Waals surface area contributed by atoms with E-state index in [4.69, 9.17) is 4.74 Å². The molecule has 2 N–H and O–H groups in total. The average Bonchev–Trinajstić information content (AvgIpc) is 2.77. The van der Waals surface area contributed by atoms with Crippen molar-refractivity contribution >= 4 is 28.8 Å². The molecule has 0 bridgehead atoms. The number of benzene rings is 3. The van der Waals surface area contributed by atoms with Gasteiger partial charge in [0.1, 0.15) is 18.2 Å². The van der Waals surface area contributed by atoms with Crippen molar-refractivity contribution in [3.63, 3.8) is 0 Å². The third-order valence-corrected chi connectivity index (χ3v) is 4.37. The number of carbonyl (C=O) groups excluding carboxylic acids is 2. The van der Waals surface area contributed by atoms with Crippen LogP contribution < -0.4 is 15.5 Å². The Balaban J connectivity index is 1.82. The Kier molecular flexibility index (Phi) is 7.10. The summed E-state index contributed by atoms with van der Waals surface area (Å²) in [5.41, 5.74) is 3.25. The number of amides is 2. The highest BCUT2D eigenvalue weighted by Crippen LogP contribution is 2.27. The van der Waals surface area contributed by atoms with Gasteiger partial charge in [-0.05, 0) is 29.3 Å². The van der Waals surface area contributed by atoms with Crippen LogP contribution in [0.15, 0.2) is 65.8 Å². The van der Waals surface area contributed by atoms with Gasteiger partial charge in [0, 0.05) is 17.7 Å². The standard InChI is InChI=1S/C23H22FN3O3/c1-2-13-25-22(28)23(29)27-26-14-19-18-9-5-3-7-16(18)11-12-21(19)30-15-17-8-4-6-10-20(17)24/h3-12,14H,2,13,15H2,1H3,(H,25,28)(H,27,29)/b26-14-. The molecule has 0 fully saturated rings. The zero-order valence-corrected chi connectivity index (χ0v) is 16.5. The molecular formula is C23H22FN3O3. The van der Waals surface area contributed by atoms with Crippen LogP contribution in [-0.4, -0.2) is 24.6 Å². The van der Waals surface area contributed by atoms with E-state index < -0.39 is 11.8 Å². The fourth-order valence-corrected chi connectivity index (χ4v) is 2.83. The van der Waals surface area contributed by atoms with Gasteiger partial charge in [0.25, 0.3) is 0 Å². The first-order valence-corrected chi connectivity index (χ1v) is 9.59. The lowest BCUT2D eigenvalue weighted by atomic mass is 10.0. The maximum absolute atomic E-state index is 13.9. The van der Waals surface area contributed by atoms with Gasteiger partial charge >= 0.3 is 11.8 Å². The highest BCUT2D eigenvalue weighted by Gasteiger charge is 2.12. The van der Waals surface area contributed by atoms with Crippen molar-refractivity contribution in [3.8, 4) is 5.75 Å². The molecule has 0 aliphatic rings. The maximum Gasteiger partial charge on any atom is 0.329 e. The second-order valence-corrected chi connectivity index (χ2v) is 6.53. The average molecular weight is 407 g/mol. The largest absolute Gasteiger partial charge is 0.488 e. The first-order chi connectivity index (χ1) is 14.6. The summed E-state index contributed by atoms with van der Waals surface area (Å²) >= 11 is 0. The summed E-state index contributed by atoms with van der Waals surface area (Å²) in [6.45, 7) is 2.34. The molecule has 154 valence electrons. The van der Waals surface area contributed by atoms with Gasteiger partial charge in [0.2, 0.25) is 0 Å². The van der Waals surface area contributed by atoms with E-state index >= 15 is 0 Å². The van der Waals surface area contributed by atoms with Gasteiger partial charge in [-0.3, -0.25) is 9.59 Å². The quantitative estimate of drug-likeness (QED) is 0.357. The van der Waals surface area contributed by atoms with Gasteiger partial charge in [-0.15, -0.1) is 0 Å². The summed E-state index contributed by atoms with van der Waals surface area (Å²) in [4.78, 5) is 23.5. The maximum atomic E-state index is 13.9. The van der Waals surface area contributed by atoms with Gasteiger partial charge in [-0.25, -0.2) is 9.82 Å². The van der Waals surface area contributed by atoms with Crippen LogP contribution in [0.2, 0.25) is 0 Å². The van der Waals surface area contributed by atoms with E-state index in [1.54, 1.807) is 24.3 Å².